The standard InChI is InChI=1S/C17H12F3N5O2/c1-25-12-7-6-9(14(24-26)17(18,19)20)8-11(12)21-15(25)23-16-22-10-4-2-3-5-13(10)27-16/h2-8,26H,1H3,(H,21,22,23)/b24-14-. The largest absolute Gasteiger partial charge is 0.437 e. The van der Waals surface area contributed by atoms with Crippen LogP contribution in [0.1, 0.15) is 5.56 Å². The van der Waals surface area contributed by atoms with Gasteiger partial charge in [-0.2, -0.15) is 18.2 Å². The summed E-state index contributed by atoms with van der Waals surface area (Å²) < 4.78 is 46.0. The zero-order chi connectivity index (χ0) is 19.2. The summed E-state index contributed by atoms with van der Waals surface area (Å²) in [4.78, 5) is 8.56. The number of halogens is 3. The fraction of sp³-hybridized carbons (Fsp3) is 0.118. The minimum absolute atomic E-state index is 0.211. The van der Waals surface area contributed by atoms with Crippen molar-refractivity contribution in [1.29, 1.82) is 0 Å². The zero-order valence-electron chi connectivity index (χ0n) is 13.8. The molecule has 27 heavy (non-hydrogen) atoms. The Morgan fingerprint density at radius 3 is 2.63 bits per heavy atom. The van der Waals surface area contributed by atoms with Crippen LogP contribution in [0.4, 0.5) is 25.1 Å². The average molecular weight is 375 g/mol. The van der Waals surface area contributed by atoms with Crippen molar-refractivity contribution in [3.8, 4) is 0 Å². The van der Waals surface area contributed by atoms with Gasteiger partial charge < -0.3 is 14.2 Å². The summed E-state index contributed by atoms with van der Waals surface area (Å²) in [6.07, 6.45) is -4.78. The van der Waals surface area contributed by atoms with E-state index in [2.05, 4.69) is 20.4 Å². The number of nitrogens with one attached hydrogen (secondary N) is 1. The van der Waals surface area contributed by atoms with Crippen LogP contribution in [0, 0.1) is 0 Å². The third kappa shape index (κ3) is 2.94. The van der Waals surface area contributed by atoms with Gasteiger partial charge in [-0.05, 0) is 24.3 Å². The molecule has 4 aromatic rings. The Morgan fingerprint density at radius 2 is 1.93 bits per heavy atom. The van der Waals surface area contributed by atoms with Gasteiger partial charge in [0.1, 0.15) is 5.52 Å². The van der Waals surface area contributed by atoms with E-state index in [9.17, 15) is 13.2 Å². The molecule has 0 bridgehead atoms. The van der Waals surface area contributed by atoms with Gasteiger partial charge in [-0.15, -0.1) is 0 Å². The maximum absolute atomic E-state index is 12.9. The lowest BCUT2D eigenvalue weighted by Crippen LogP contribution is -2.24. The molecule has 2 aromatic heterocycles. The van der Waals surface area contributed by atoms with Crippen LogP contribution in [0.25, 0.3) is 22.1 Å². The van der Waals surface area contributed by atoms with Gasteiger partial charge in [0, 0.05) is 12.6 Å². The van der Waals surface area contributed by atoms with Crippen LogP contribution in [-0.2, 0) is 7.05 Å². The lowest BCUT2D eigenvalue weighted by Gasteiger charge is -2.08. The minimum Gasteiger partial charge on any atom is -0.423 e. The molecular weight excluding hydrogens is 363 g/mol. The highest BCUT2D eigenvalue weighted by molar-refractivity contribution is 6.06. The number of aryl methyl sites for hydroxylation is 1. The molecular formula is C17H12F3N5O2. The van der Waals surface area contributed by atoms with E-state index < -0.39 is 11.9 Å². The fourth-order valence-corrected chi connectivity index (χ4v) is 2.76. The Balaban J connectivity index is 1.73. The van der Waals surface area contributed by atoms with Crippen LogP contribution in [0.5, 0.6) is 0 Å². The predicted octanol–water partition coefficient (Wildman–Crippen LogP) is 4.20. The summed E-state index contributed by atoms with van der Waals surface area (Å²) in [5, 5.41) is 14.0. The quantitative estimate of drug-likeness (QED) is 0.318. The molecule has 2 aromatic carbocycles. The van der Waals surface area contributed by atoms with Gasteiger partial charge in [0.05, 0.1) is 11.0 Å². The van der Waals surface area contributed by atoms with Crippen LogP contribution in [-0.4, -0.2) is 31.6 Å². The highest BCUT2D eigenvalue weighted by Gasteiger charge is 2.37. The first-order valence-electron chi connectivity index (χ1n) is 7.75. The number of hydrogen-bond acceptors (Lipinski definition) is 6. The average Bonchev–Trinajstić information content (AvgIpc) is 3.15. The number of alkyl halides is 3. The van der Waals surface area contributed by atoms with Gasteiger partial charge in [0.2, 0.25) is 5.95 Å². The number of imidazole rings is 1. The number of oxime groups is 1. The van der Waals surface area contributed by atoms with Crippen LogP contribution in [0.2, 0.25) is 0 Å². The molecule has 0 unspecified atom stereocenters. The second kappa shape index (κ2) is 6.01. The molecule has 0 radical (unpaired) electrons. The first kappa shape index (κ1) is 16.9. The van der Waals surface area contributed by atoms with Crippen molar-refractivity contribution in [3.05, 3.63) is 48.0 Å². The summed E-state index contributed by atoms with van der Waals surface area (Å²) in [6, 6.07) is 11.3. The maximum Gasteiger partial charge on any atom is 0.437 e. The third-order valence-electron chi connectivity index (χ3n) is 4.04. The zero-order valence-corrected chi connectivity index (χ0v) is 13.8. The van der Waals surface area contributed by atoms with E-state index >= 15 is 0 Å². The number of para-hydroxylation sites is 2. The predicted molar refractivity (Wildman–Crippen MR) is 92.4 cm³/mol. The van der Waals surface area contributed by atoms with Crippen LogP contribution < -0.4 is 5.32 Å². The van der Waals surface area contributed by atoms with E-state index in [1.165, 1.54) is 18.2 Å². The van der Waals surface area contributed by atoms with Crippen molar-refractivity contribution in [3.63, 3.8) is 0 Å². The minimum atomic E-state index is -4.78. The topological polar surface area (TPSA) is 88.5 Å². The number of hydrogen-bond donors (Lipinski definition) is 2. The first-order chi connectivity index (χ1) is 12.9. The lowest BCUT2D eigenvalue weighted by atomic mass is 10.1. The first-order valence-corrected chi connectivity index (χ1v) is 7.75. The molecule has 138 valence electrons. The SMILES string of the molecule is Cn1c(Nc2nc3ccccc3o2)nc2cc(/C(=N/O)C(F)(F)F)ccc21. The lowest BCUT2D eigenvalue weighted by molar-refractivity contribution is -0.0601. The Hall–Kier alpha value is -3.56. The molecule has 0 fully saturated rings. The van der Waals surface area contributed by atoms with E-state index in [4.69, 9.17) is 9.62 Å². The van der Waals surface area contributed by atoms with Gasteiger partial charge in [-0.3, -0.25) is 5.32 Å². The second-order valence-corrected chi connectivity index (χ2v) is 5.76. The third-order valence-corrected chi connectivity index (χ3v) is 4.04. The van der Waals surface area contributed by atoms with Crippen molar-refractivity contribution < 1.29 is 22.8 Å². The number of rotatable bonds is 3. The molecule has 0 saturated heterocycles. The van der Waals surface area contributed by atoms with E-state index in [1.807, 2.05) is 12.1 Å². The summed E-state index contributed by atoms with van der Waals surface area (Å²) in [5.41, 5.74) is 0.452. The van der Waals surface area contributed by atoms with Crippen LogP contribution in [0.3, 0.4) is 0 Å². The van der Waals surface area contributed by atoms with E-state index in [0.29, 0.717) is 28.1 Å². The van der Waals surface area contributed by atoms with Gasteiger partial charge in [-0.25, -0.2) is 4.98 Å². The van der Waals surface area contributed by atoms with E-state index in [1.54, 1.807) is 23.7 Å². The normalized spacial score (nSPS) is 12.8. The number of benzene rings is 2. The molecule has 0 atom stereocenters. The Kier molecular flexibility index (Phi) is 3.76. The molecule has 2 heterocycles. The molecule has 2 N–H and O–H groups in total. The van der Waals surface area contributed by atoms with Gasteiger partial charge in [0.15, 0.2) is 11.3 Å². The molecule has 0 aliphatic carbocycles. The Bertz CT molecular complexity index is 1140. The summed E-state index contributed by atoms with van der Waals surface area (Å²) in [6.45, 7) is 0. The maximum atomic E-state index is 12.9. The molecule has 10 heteroatoms. The highest BCUT2D eigenvalue weighted by atomic mass is 19.4. The number of aromatic nitrogens is 3. The molecule has 0 amide bonds. The molecule has 0 aliphatic rings. The second-order valence-electron chi connectivity index (χ2n) is 5.76. The van der Waals surface area contributed by atoms with Crippen LogP contribution >= 0.6 is 0 Å². The van der Waals surface area contributed by atoms with Crippen molar-refractivity contribution in [1.82, 2.24) is 14.5 Å². The molecule has 0 aliphatic heterocycles. The smallest absolute Gasteiger partial charge is 0.423 e. The number of anilines is 2. The van der Waals surface area contributed by atoms with Crippen molar-refractivity contribution in [2.75, 3.05) is 5.32 Å². The van der Waals surface area contributed by atoms with Crippen molar-refractivity contribution in [2.24, 2.45) is 12.2 Å². The monoisotopic (exact) mass is 375 g/mol. The fourth-order valence-electron chi connectivity index (χ4n) is 2.76. The Morgan fingerprint density at radius 1 is 1.15 bits per heavy atom. The summed E-state index contributed by atoms with van der Waals surface area (Å²) >= 11 is 0. The Labute approximate surface area is 149 Å². The molecule has 0 saturated carbocycles. The highest BCUT2D eigenvalue weighted by Crippen LogP contribution is 2.27. The van der Waals surface area contributed by atoms with Crippen LogP contribution in [0.15, 0.2) is 52.0 Å². The number of oxazole rings is 1. The summed E-state index contributed by atoms with van der Waals surface area (Å²) in [5.74, 6) is 0.336. The van der Waals surface area contributed by atoms with Gasteiger partial charge >= 0.3 is 12.2 Å². The molecule has 7 nitrogen and oxygen atoms in total. The van der Waals surface area contributed by atoms with Crippen molar-refractivity contribution in [2.45, 2.75) is 6.18 Å². The number of nitrogens with zero attached hydrogens (tertiary/aromatic N) is 4. The summed E-state index contributed by atoms with van der Waals surface area (Å²) in [7, 11) is 1.70. The van der Waals surface area contributed by atoms with Gasteiger partial charge in [0.25, 0.3) is 0 Å². The number of fused-ring (bicyclic) bond motifs is 2. The van der Waals surface area contributed by atoms with Crippen molar-refractivity contribution >= 4 is 39.8 Å². The molecule has 0 spiro atoms. The van der Waals surface area contributed by atoms with E-state index in [0.717, 1.165) is 0 Å². The van der Waals surface area contributed by atoms with Gasteiger partial charge in [-0.1, -0.05) is 23.4 Å². The van der Waals surface area contributed by atoms with E-state index in [-0.39, 0.29) is 11.6 Å². The molecule has 4 rings (SSSR count).